The number of hydrogen-bond acceptors (Lipinski definition) is 0. The van der Waals surface area contributed by atoms with Gasteiger partial charge in [-0.15, -0.1) is 0 Å². The largest absolute Gasteiger partial charge is 0.0996 e. The van der Waals surface area contributed by atoms with E-state index in [1.165, 1.54) is 31.3 Å². The SMILES string of the molecule is C=C(CC)C(C)CC1CCC1. The molecule has 0 aromatic rings. The zero-order valence-corrected chi connectivity index (χ0v) is 7.90. The van der Waals surface area contributed by atoms with Gasteiger partial charge in [-0.3, -0.25) is 0 Å². The fourth-order valence-corrected chi connectivity index (χ4v) is 1.74. The van der Waals surface area contributed by atoms with Gasteiger partial charge >= 0.3 is 0 Å². The summed E-state index contributed by atoms with van der Waals surface area (Å²) in [5, 5.41) is 0. The molecule has 11 heavy (non-hydrogen) atoms. The fourth-order valence-electron chi connectivity index (χ4n) is 1.74. The van der Waals surface area contributed by atoms with Crippen LogP contribution in [0.3, 0.4) is 0 Å². The molecule has 0 saturated heterocycles. The zero-order chi connectivity index (χ0) is 8.27. The van der Waals surface area contributed by atoms with Gasteiger partial charge in [0, 0.05) is 0 Å². The highest BCUT2D eigenvalue weighted by Gasteiger charge is 2.20. The summed E-state index contributed by atoms with van der Waals surface area (Å²) in [4.78, 5) is 0. The fraction of sp³-hybridized carbons (Fsp3) is 0.818. The molecule has 64 valence electrons. The minimum Gasteiger partial charge on any atom is -0.0996 e. The van der Waals surface area contributed by atoms with Crippen LogP contribution < -0.4 is 0 Å². The summed E-state index contributed by atoms with van der Waals surface area (Å²) in [6.45, 7) is 8.62. The Morgan fingerprint density at radius 3 is 2.55 bits per heavy atom. The highest BCUT2D eigenvalue weighted by Crippen LogP contribution is 2.34. The van der Waals surface area contributed by atoms with Crippen molar-refractivity contribution in [1.82, 2.24) is 0 Å². The summed E-state index contributed by atoms with van der Waals surface area (Å²) < 4.78 is 0. The minimum absolute atomic E-state index is 0.769. The van der Waals surface area contributed by atoms with Crippen molar-refractivity contribution in [3.8, 4) is 0 Å². The average molecular weight is 152 g/mol. The van der Waals surface area contributed by atoms with E-state index in [1.54, 1.807) is 0 Å². The van der Waals surface area contributed by atoms with Crippen molar-refractivity contribution in [3.05, 3.63) is 12.2 Å². The van der Waals surface area contributed by atoms with Crippen LogP contribution in [0.4, 0.5) is 0 Å². The Hall–Kier alpha value is -0.260. The van der Waals surface area contributed by atoms with Crippen molar-refractivity contribution >= 4 is 0 Å². The number of hydrogen-bond donors (Lipinski definition) is 0. The highest BCUT2D eigenvalue weighted by molar-refractivity contribution is 4.98. The predicted octanol–water partition coefficient (Wildman–Crippen LogP) is 3.78. The first-order chi connectivity index (χ1) is 5.24. The lowest BCUT2D eigenvalue weighted by molar-refractivity contribution is 0.268. The summed E-state index contributed by atoms with van der Waals surface area (Å²) in [5.74, 6) is 1.80. The lowest BCUT2D eigenvalue weighted by atomic mass is 9.77. The van der Waals surface area contributed by atoms with E-state index in [9.17, 15) is 0 Å². The second kappa shape index (κ2) is 3.94. The summed E-state index contributed by atoms with van der Waals surface area (Å²) in [7, 11) is 0. The Morgan fingerprint density at radius 2 is 2.18 bits per heavy atom. The molecular formula is C11H20. The molecule has 0 spiro atoms. The molecule has 0 heteroatoms. The molecule has 1 aliphatic rings. The highest BCUT2D eigenvalue weighted by atomic mass is 14.3. The summed E-state index contributed by atoms with van der Waals surface area (Å²) in [6.07, 6.45) is 6.97. The van der Waals surface area contributed by atoms with Crippen molar-refractivity contribution in [3.63, 3.8) is 0 Å². The molecule has 0 aromatic heterocycles. The molecule has 0 N–H and O–H groups in total. The van der Waals surface area contributed by atoms with Gasteiger partial charge in [0.05, 0.1) is 0 Å². The maximum Gasteiger partial charge on any atom is -0.0232 e. The molecule has 1 atom stereocenters. The number of rotatable bonds is 4. The van der Waals surface area contributed by atoms with Crippen LogP contribution in [0.15, 0.2) is 12.2 Å². The molecule has 0 nitrogen and oxygen atoms in total. The average Bonchev–Trinajstić information content (AvgIpc) is 1.94. The van der Waals surface area contributed by atoms with Crippen LogP contribution in [-0.2, 0) is 0 Å². The molecule has 0 bridgehead atoms. The topological polar surface area (TPSA) is 0 Å². The first-order valence-corrected chi connectivity index (χ1v) is 4.91. The Kier molecular flexibility index (Phi) is 3.16. The van der Waals surface area contributed by atoms with Gasteiger partial charge in [-0.1, -0.05) is 45.3 Å². The van der Waals surface area contributed by atoms with Crippen LogP contribution in [-0.4, -0.2) is 0 Å². The van der Waals surface area contributed by atoms with Crippen molar-refractivity contribution in [2.45, 2.75) is 46.0 Å². The van der Waals surface area contributed by atoms with Crippen molar-refractivity contribution in [1.29, 1.82) is 0 Å². The van der Waals surface area contributed by atoms with Gasteiger partial charge in [-0.05, 0) is 24.7 Å². The Bertz CT molecular complexity index is 131. The van der Waals surface area contributed by atoms with Crippen LogP contribution in [0.5, 0.6) is 0 Å². The quantitative estimate of drug-likeness (QED) is 0.538. The normalized spacial score (nSPS) is 20.9. The maximum absolute atomic E-state index is 4.08. The summed E-state index contributed by atoms with van der Waals surface area (Å²) in [5.41, 5.74) is 1.44. The second-order valence-corrected chi connectivity index (χ2v) is 3.95. The van der Waals surface area contributed by atoms with E-state index in [1.807, 2.05) is 0 Å². The third-order valence-electron chi connectivity index (χ3n) is 3.06. The summed E-state index contributed by atoms with van der Waals surface area (Å²) in [6, 6.07) is 0. The van der Waals surface area contributed by atoms with E-state index in [-0.39, 0.29) is 0 Å². The van der Waals surface area contributed by atoms with Crippen LogP contribution in [0.1, 0.15) is 46.0 Å². The Morgan fingerprint density at radius 1 is 1.55 bits per heavy atom. The first-order valence-electron chi connectivity index (χ1n) is 4.91. The zero-order valence-electron chi connectivity index (χ0n) is 7.90. The van der Waals surface area contributed by atoms with Gasteiger partial charge in [-0.2, -0.15) is 0 Å². The van der Waals surface area contributed by atoms with Gasteiger partial charge in [0.1, 0.15) is 0 Å². The molecule has 1 aliphatic carbocycles. The predicted molar refractivity (Wildman–Crippen MR) is 50.6 cm³/mol. The van der Waals surface area contributed by atoms with E-state index < -0.39 is 0 Å². The molecule has 0 aromatic carbocycles. The van der Waals surface area contributed by atoms with Crippen LogP contribution in [0, 0.1) is 11.8 Å². The third kappa shape index (κ3) is 2.36. The number of allylic oxidation sites excluding steroid dienone is 1. The molecule has 0 heterocycles. The molecule has 1 fully saturated rings. The Balaban J connectivity index is 2.18. The molecule has 0 amide bonds. The standard InChI is InChI=1S/C11H20/c1-4-9(2)10(3)8-11-6-5-7-11/h10-11H,2,4-8H2,1,3H3. The van der Waals surface area contributed by atoms with Gasteiger partial charge in [0.2, 0.25) is 0 Å². The molecule has 1 saturated carbocycles. The van der Waals surface area contributed by atoms with Gasteiger partial charge in [0.15, 0.2) is 0 Å². The molecule has 0 radical (unpaired) electrons. The third-order valence-corrected chi connectivity index (χ3v) is 3.06. The van der Waals surface area contributed by atoms with Gasteiger partial charge in [0.25, 0.3) is 0 Å². The molecule has 1 unspecified atom stereocenters. The van der Waals surface area contributed by atoms with E-state index in [2.05, 4.69) is 20.4 Å². The Labute approximate surface area is 70.7 Å². The second-order valence-electron chi connectivity index (χ2n) is 3.95. The van der Waals surface area contributed by atoms with Crippen LogP contribution in [0.25, 0.3) is 0 Å². The van der Waals surface area contributed by atoms with E-state index in [4.69, 9.17) is 0 Å². The van der Waals surface area contributed by atoms with Gasteiger partial charge < -0.3 is 0 Å². The maximum atomic E-state index is 4.08. The van der Waals surface area contributed by atoms with E-state index >= 15 is 0 Å². The van der Waals surface area contributed by atoms with E-state index in [0.717, 1.165) is 18.3 Å². The smallest absolute Gasteiger partial charge is 0.0232 e. The van der Waals surface area contributed by atoms with Crippen LogP contribution in [0.2, 0.25) is 0 Å². The summed E-state index contributed by atoms with van der Waals surface area (Å²) >= 11 is 0. The lowest BCUT2D eigenvalue weighted by Crippen LogP contribution is -2.15. The van der Waals surface area contributed by atoms with E-state index in [0.29, 0.717) is 0 Å². The molecular weight excluding hydrogens is 132 g/mol. The van der Waals surface area contributed by atoms with Crippen LogP contribution >= 0.6 is 0 Å². The minimum atomic E-state index is 0.769. The first kappa shape index (κ1) is 8.83. The molecule has 0 aliphatic heterocycles. The van der Waals surface area contributed by atoms with Crippen molar-refractivity contribution in [2.24, 2.45) is 11.8 Å². The monoisotopic (exact) mass is 152 g/mol. The van der Waals surface area contributed by atoms with Crippen molar-refractivity contribution < 1.29 is 0 Å². The molecule has 1 rings (SSSR count). The lowest BCUT2D eigenvalue weighted by Gasteiger charge is -2.28. The van der Waals surface area contributed by atoms with Gasteiger partial charge in [-0.25, -0.2) is 0 Å². The van der Waals surface area contributed by atoms with Crippen molar-refractivity contribution in [2.75, 3.05) is 0 Å².